The molecular formula is C56H59Cl2HfSi. The molecule has 0 saturated carbocycles. The average Bonchev–Trinajstić information content (AvgIpc) is 3.90. The summed E-state index contributed by atoms with van der Waals surface area (Å²) < 4.78 is 1.14. The molecule has 2 unspecified atom stereocenters. The first-order chi connectivity index (χ1) is 28.6. The number of benzene rings is 6. The fourth-order valence-corrected chi connectivity index (χ4v) is 50.4. The van der Waals surface area contributed by atoms with Gasteiger partial charge < -0.3 is 0 Å². The van der Waals surface area contributed by atoms with Crippen LogP contribution in [0.25, 0.3) is 45.5 Å². The molecule has 1 heterocycles. The molecule has 6 aromatic carbocycles. The molecule has 6 aromatic rings. The predicted octanol–water partition coefficient (Wildman–Crippen LogP) is 14.0. The van der Waals surface area contributed by atoms with E-state index in [0.717, 1.165) is 12.8 Å². The predicted molar refractivity (Wildman–Crippen MR) is 264 cm³/mol. The van der Waals surface area contributed by atoms with Crippen LogP contribution in [0, 0.1) is 53.4 Å². The van der Waals surface area contributed by atoms with Crippen LogP contribution in [0.3, 0.4) is 0 Å². The normalized spacial score (nSPS) is 17.7. The SMILES string of the molecule is Cc1ccc(-c2cccc3c2C=C(CC(C)C)[CH]3[Hf]([Cl])([Cl])([c]2cccc3c2[SiH2]c2ccccc2-3)[CH]2C(CC(C)C)=Cc3c(-c4ccc(C)c(C)c4C)cccc32)c(C)c1C. The van der Waals surface area contributed by atoms with Gasteiger partial charge in [0.2, 0.25) is 0 Å². The molecule has 2 aliphatic carbocycles. The number of fused-ring (bicyclic) bond motifs is 5. The molecule has 0 amide bonds. The van der Waals surface area contributed by atoms with Crippen molar-refractivity contribution in [3.05, 3.63) is 170 Å². The third kappa shape index (κ3) is 6.44. The molecule has 4 heteroatoms. The Labute approximate surface area is 370 Å². The molecular weight excluding hydrogens is 950 g/mol. The summed E-state index contributed by atoms with van der Waals surface area (Å²) in [7, 11) is 18.0. The van der Waals surface area contributed by atoms with E-state index in [1.54, 1.807) is 0 Å². The first-order valence-corrected chi connectivity index (χ1v) is 38.4. The van der Waals surface area contributed by atoms with Crippen LogP contribution in [0.1, 0.15) is 104 Å². The molecule has 0 nitrogen and oxygen atoms in total. The van der Waals surface area contributed by atoms with Gasteiger partial charge in [0.1, 0.15) is 0 Å². The van der Waals surface area contributed by atoms with Crippen LogP contribution in [0.4, 0.5) is 0 Å². The monoisotopic (exact) mass is 1010 g/mol. The average molecular weight is 1010 g/mol. The van der Waals surface area contributed by atoms with E-state index in [1.807, 2.05) is 0 Å². The summed E-state index contributed by atoms with van der Waals surface area (Å²) in [5.74, 6) is 0.880. The number of allylic oxidation sites excluding steroid dienone is 2. The van der Waals surface area contributed by atoms with E-state index < -0.39 is 25.7 Å². The summed E-state index contributed by atoms with van der Waals surface area (Å²) in [5, 5.41) is 2.98. The molecule has 0 radical (unpaired) electrons. The third-order valence-electron chi connectivity index (χ3n) is 14.7. The molecule has 1 aliphatic heterocycles. The number of rotatable bonds is 9. The minimum atomic E-state index is -5.85. The van der Waals surface area contributed by atoms with Gasteiger partial charge in [-0.15, -0.1) is 0 Å². The van der Waals surface area contributed by atoms with E-state index in [9.17, 15) is 17.2 Å². The van der Waals surface area contributed by atoms with Crippen molar-refractivity contribution in [2.45, 2.75) is 89.4 Å². The summed E-state index contributed by atoms with van der Waals surface area (Å²) in [6, 6.07) is 39.5. The Hall–Kier alpha value is -3.53. The van der Waals surface area contributed by atoms with Gasteiger partial charge >= 0.3 is 373 Å². The second-order valence-corrected chi connectivity index (χ2v) is 50.4. The summed E-state index contributed by atoms with van der Waals surface area (Å²) >= 11 is -5.85. The third-order valence-corrected chi connectivity index (χ3v) is 46.5. The molecule has 60 heavy (non-hydrogen) atoms. The van der Waals surface area contributed by atoms with Gasteiger partial charge in [-0.05, 0) is 0 Å². The van der Waals surface area contributed by atoms with Gasteiger partial charge in [-0.25, -0.2) is 0 Å². The Morgan fingerprint density at radius 2 is 0.933 bits per heavy atom. The second-order valence-electron chi connectivity index (χ2n) is 19.3. The number of hydrogen-bond acceptors (Lipinski definition) is 0. The molecule has 305 valence electrons. The fourth-order valence-electron chi connectivity index (χ4n) is 11.5. The van der Waals surface area contributed by atoms with Crippen LogP contribution in [-0.2, 0) is 16.1 Å². The van der Waals surface area contributed by atoms with Gasteiger partial charge in [0, 0.05) is 0 Å². The van der Waals surface area contributed by atoms with Gasteiger partial charge in [-0.3, -0.25) is 0 Å². The molecule has 3 aliphatic rings. The molecule has 9 rings (SSSR count). The summed E-state index contributed by atoms with van der Waals surface area (Å²) in [5.41, 5.74) is 24.1. The van der Waals surface area contributed by atoms with E-state index in [0.29, 0.717) is 11.8 Å². The van der Waals surface area contributed by atoms with E-state index in [4.69, 9.17) is 0 Å². The number of aryl methyl sites for hydroxylation is 2. The van der Waals surface area contributed by atoms with Crippen LogP contribution in [0.2, 0.25) is 0 Å². The van der Waals surface area contributed by atoms with Gasteiger partial charge in [0.25, 0.3) is 0 Å². The van der Waals surface area contributed by atoms with E-state index >= 15 is 0 Å². The zero-order valence-electron chi connectivity index (χ0n) is 37.2. The van der Waals surface area contributed by atoms with E-state index in [-0.39, 0.29) is 7.35 Å². The first-order valence-electron chi connectivity index (χ1n) is 22.2. The van der Waals surface area contributed by atoms with Crippen LogP contribution >= 0.6 is 17.2 Å². The van der Waals surface area contributed by atoms with Crippen LogP contribution in [0.5, 0.6) is 0 Å². The Balaban J connectivity index is 1.38. The zero-order valence-corrected chi connectivity index (χ0v) is 43.7. The van der Waals surface area contributed by atoms with Crippen molar-refractivity contribution in [1.29, 1.82) is 0 Å². The van der Waals surface area contributed by atoms with Crippen molar-refractivity contribution >= 4 is 52.5 Å². The van der Waals surface area contributed by atoms with Crippen LogP contribution in [-0.4, -0.2) is 9.52 Å². The topological polar surface area (TPSA) is 0 Å². The van der Waals surface area contributed by atoms with Gasteiger partial charge in [-0.2, -0.15) is 0 Å². The molecule has 0 spiro atoms. The van der Waals surface area contributed by atoms with Crippen molar-refractivity contribution in [3.63, 3.8) is 0 Å². The Morgan fingerprint density at radius 3 is 1.43 bits per heavy atom. The van der Waals surface area contributed by atoms with E-state index in [2.05, 4.69) is 185 Å². The summed E-state index contributed by atoms with van der Waals surface area (Å²) in [6.45, 7) is 23.0. The molecule has 0 N–H and O–H groups in total. The van der Waals surface area contributed by atoms with Crippen molar-refractivity contribution in [3.8, 4) is 33.4 Å². The Bertz CT molecular complexity index is 2680. The van der Waals surface area contributed by atoms with Gasteiger partial charge in [-0.1, -0.05) is 0 Å². The summed E-state index contributed by atoms with van der Waals surface area (Å²) in [6.07, 6.45) is 7.01. The van der Waals surface area contributed by atoms with E-state index in [1.165, 1.54) is 114 Å². The number of hydrogen-bond donors (Lipinski definition) is 0. The Morgan fingerprint density at radius 1 is 0.483 bits per heavy atom. The maximum absolute atomic E-state index is 9.45. The van der Waals surface area contributed by atoms with Crippen molar-refractivity contribution in [1.82, 2.24) is 0 Å². The standard InChI is InChI=1S/2C22H25.C12H9Si.2ClH.Hf/c2*1-14(2)11-18-12-19-7-6-8-21(22(19)13-18)20-10-9-15(3)16(4)17(20)5;1-3-7-11-9(5-1)10-6-2-4-8-12(10)13-11;;;/h2*6-10,12-14H,11H2,1-5H3;1-7H,13H2;2*1H;/q;;;;;+2/p-2. The van der Waals surface area contributed by atoms with Crippen molar-refractivity contribution in [2.75, 3.05) is 0 Å². The van der Waals surface area contributed by atoms with Crippen molar-refractivity contribution < 1.29 is 16.1 Å². The van der Waals surface area contributed by atoms with Crippen LogP contribution in [0.15, 0.2) is 114 Å². The van der Waals surface area contributed by atoms with Gasteiger partial charge in [0.15, 0.2) is 0 Å². The molecule has 0 aromatic heterocycles. The first kappa shape index (κ1) is 41.8. The molecule has 0 saturated heterocycles. The molecule has 0 fully saturated rings. The van der Waals surface area contributed by atoms with Gasteiger partial charge in [0.05, 0.1) is 0 Å². The molecule has 2 atom stereocenters. The maximum atomic E-state index is 9.45. The van der Waals surface area contributed by atoms with Crippen LogP contribution < -0.4 is 13.7 Å². The second kappa shape index (κ2) is 15.4. The summed E-state index contributed by atoms with van der Waals surface area (Å²) in [4.78, 5) is 0. The zero-order chi connectivity index (χ0) is 42.4. The Kier molecular flexibility index (Phi) is 10.7. The van der Waals surface area contributed by atoms with Crippen molar-refractivity contribution in [2.24, 2.45) is 11.8 Å². The fraction of sp³-hybridized carbons (Fsp3) is 0.286. The molecule has 0 bridgehead atoms. The minimum absolute atomic E-state index is 0.0859. The number of halogens is 2. The quantitative estimate of drug-likeness (QED) is 0.126.